The molecule has 1 amide bonds. The Morgan fingerprint density at radius 2 is 1.83 bits per heavy atom. The Balaban J connectivity index is 1.81. The molecule has 4 rings (SSSR count). The Hall–Kier alpha value is -4.01. The highest BCUT2D eigenvalue weighted by atomic mass is 19.4. The Morgan fingerprint density at radius 3 is 2.40 bits per heavy atom. The molecular formula is C26H22F3NO5. The second-order valence-corrected chi connectivity index (χ2v) is 8.06. The maximum Gasteiger partial charge on any atom is 0.416 e. The SMILES string of the molecule is CCCOc1ccc(/C(O)=C2/C(=O)C(=O)N(c3ccc(C(F)(F)F)cc3)C2c2ccco2)cc1C. The van der Waals surface area contributed by atoms with E-state index in [4.69, 9.17) is 9.15 Å². The average Bonchev–Trinajstić information content (AvgIpc) is 3.44. The zero-order chi connectivity index (χ0) is 25.3. The van der Waals surface area contributed by atoms with Crippen LogP contribution in [0.5, 0.6) is 5.75 Å². The third-order valence-corrected chi connectivity index (χ3v) is 5.64. The summed E-state index contributed by atoms with van der Waals surface area (Å²) in [5.41, 5.74) is -0.0675. The van der Waals surface area contributed by atoms with Crippen LogP contribution in [0.1, 0.15) is 41.8 Å². The third-order valence-electron chi connectivity index (χ3n) is 5.64. The van der Waals surface area contributed by atoms with Crippen LogP contribution in [0, 0.1) is 6.92 Å². The van der Waals surface area contributed by atoms with Gasteiger partial charge in [0.15, 0.2) is 0 Å². The topological polar surface area (TPSA) is 80.0 Å². The van der Waals surface area contributed by atoms with Crippen molar-refractivity contribution in [2.75, 3.05) is 11.5 Å². The number of hydrogen-bond donors (Lipinski definition) is 1. The van der Waals surface area contributed by atoms with Gasteiger partial charge in [0.25, 0.3) is 11.7 Å². The van der Waals surface area contributed by atoms with Crippen molar-refractivity contribution >= 4 is 23.1 Å². The highest BCUT2D eigenvalue weighted by Gasteiger charge is 2.48. The van der Waals surface area contributed by atoms with Crippen LogP contribution in [0.15, 0.2) is 70.9 Å². The minimum Gasteiger partial charge on any atom is -0.507 e. The molecule has 1 aromatic heterocycles. The molecular weight excluding hydrogens is 463 g/mol. The average molecular weight is 485 g/mol. The first-order valence-corrected chi connectivity index (χ1v) is 10.9. The second kappa shape index (κ2) is 9.32. The summed E-state index contributed by atoms with van der Waals surface area (Å²) >= 11 is 0. The Morgan fingerprint density at radius 1 is 1.11 bits per heavy atom. The molecule has 1 unspecified atom stereocenters. The lowest BCUT2D eigenvalue weighted by Gasteiger charge is -2.23. The molecule has 2 aromatic carbocycles. The number of aliphatic hydroxyl groups excluding tert-OH is 1. The maximum atomic E-state index is 13.1. The summed E-state index contributed by atoms with van der Waals surface area (Å²) in [6, 6.07) is 10.6. The van der Waals surface area contributed by atoms with E-state index < -0.39 is 35.2 Å². The monoisotopic (exact) mass is 485 g/mol. The standard InChI is InChI=1S/C26H22F3NO5/c1-3-12-34-19-11-6-16(14-15(19)2)23(31)21-22(20-5-4-13-35-20)30(25(33)24(21)32)18-9-7-17(8-10-18)26(27,28)29/h4-11,13-14,22,31H,3,12H2,1-2H3/b23-21-. The van der Waals surface area contributed by atoms with Crippen LogP contribution >= 0.6 is 0 Å². The largest absolute Gasteiger partial charge is 0.507 e. The highest BCUT2D eigenvalue weighted by Crippen LogP contribution is 2.43. The van der Waals surface area contributed by atoms with E-state index in [0.29, 0.717) is 17.9 Å². The van der Waals surface area contributed by atoms with Gasteiger partial charge in [-0.05, 0) is 73.5 Å². The number of aliphatic hydroxyl groups is 1. The number of ketones is 1. The minimum absolute atomic E-state index is 0.0556. The molecule has 0 aliphatic carbocycles. The third kappa shape index (κ3) is 4.53. The second-order valence-electron chi connectivity index (χ2n) is 8.06. The van der Waals surface area contributed by atoms with Crippen LogP contribution in [0.4, 0.5) is 18.9 Å². The van der Waals surface area contributed by atoms with Crippen LogP contribution in [0.3, 0.4) is 0 Å². The molecule has 3 aromatic rings. The summed E-state index contributed by atoms with van der Waals surface area (Å²) in [6.45, 7) is 4.27. The van der Waals surface area contributed by atoms with Gasteiger partial charge in [-0.1, -0.05) is 6.92 Å². The molecule has 9 heteroatoms. The maximum absolute atomic E-state index is 13.1. The highest BCUT2D eigenvalue weighted by molar-refractivity contribution is 6.51. The Labute approximate surface area is 199 Å². The summed E-state index contributed by atoms with van der Waals surface area (Å²) in [7, 11) is 0. The lowest BCUT2D eigenvalue weighted by atomic mass is 9.98. The number of hydrogen-bond acceptors (Lipinski definition) is 5. The smallest absolute Gasteiger partial charge is 0.416 e. The fourth-order valence-electron chi connectivity index (χ4n) is 3.95. The van der Waals surface area contributed by atoms with Crippen molar-refractivity contribution in [1.29, 1.82) is 0 Å². The van der Waals surface area contributed by atoms with Gasteiger partial charge in [0.05, 0.1) is 24.0 Å². The van der Waals surface area contributed by atoms with Crippen LogP contribution in [0.25, 0.3) is 5.76 Å². The number of halogens is 3. The normalized spacial score (nSPS) is 17.7. The number of benzene rings is 2. The van der Waals surface area contributed by atoms with Gasteiger partial charge < -0.3 is 14.3 Å². The van der Waals surface area contributed by atoms with Crippen molar-refractivity contribution in [2.24, 2.45) is 0 Å². The van der Waals surface area contributed by atoms with Gasteiger partial charge in [-0.25, -0.2) is 0 Å². The molecule has 0 spiro atoms. The van der Waals surface area contributed by atoms with Crippen molar-refractivity contribution in [1.82, 2.24) is 0 Å². The molecule has 0 radical (unpaired) electrons. The van der Waals surface area contributed by atoms with E-state index >= 15 is 0 Å². The van der Waals surface area contributed by atoms with Crippen LogP contribution in [0.2, 0.25) is 0 Å². The summed E-state index contributed by atoms with van der Waals surface area (Å²) in [6.07, 6.45) is -2.40. The molecule has 1 fully saturated rings. The molecule has 0 saturated carbocycles. The number of alkyl halides is 3. The van der Waals surface area contributed by atoms with Crippen molar-refractivity contribution in [3.8, 4) is 5.75 Å². The number of furan rings is 1. The van der Waals surface area contributed by atoms with E-state index in [1.807, 2.05) is 6.92 Å². The number of carbonyl (C=O) groups is 2. The predicted molar refractivity (Wildman–Crippen MR) is 122 cm³/mol. The van der Waals surface area contributed by atoms with Gasteiger partial charge >= 0.3 is 6.18 Å². The summed E-state index contributed by atoms with van der Waals surface area (Å²) < 4.78 is 50.2. The molecule has 1 atom stereocenters. The molecule has 1 aliphatic heterocycles. The lowest BCUT2D eigenvalue weighted by molar-refractivity contribution is -0.137. The van der Waals surface area contributed by atoms with Crippen LogP contribution in [-0.2, 0) is 15.8 Å². The number of rotatable bonds is 6. The minimum atomic E-state index is -4.56. The first-order valence-electron chi connectivity index (χ1n) is 10.9. The van der Waals surface area contributed by atoms with Gasteiger partial charge in [0, 0.05) is 11.3 Å². The van der Waals surface area contributed by atoms with Gasteiger partial charge in [0.1, 0.15) is 23.3 Å². The van der Waals surface area contributed by atoms with Gasteiger partial charge in [-0.15, -0.1) is 0 Å². The molecule has 1 N–H and O–H groups in total. The van der Waals surface area contributed by atoms with Crippen molar-refractivity contribution < 1.29 is 37.0 Å². The van der Waals surface area contributed by atoms with Gasteiger partial charge in [-0.2, -0.15) is 13.2 Å². The zero-order valence-corrected chi connectivity index (χ0v) is 18.9. The number of anilines is 1. The zero-order valence-electron chi connectivity index (χ0n) is 18.9. The molecule has 2 heterocycles. The molecule has 0 bridgehead atoms. The number of ether oxygens (including phenoxy) is 1. The van der Waals surface area contributed by atoms with Gasteiger partial charge in [0.2, 0.25) is 0 Å². The number of amides is 1. The quantitative estimate of drug-likeness (QED) is 0.262. The van der Waals surface area contributed by atoms with Crippen LogP contribution in [-0.4, -0.2) is 23.4 Å². The fourth-order valence-corrected chi connectivity index (χ4v) is 3.95. The van der Waals surface area contributed by atoms with E-state index in [9.17, 15) is 27.9 Å². The van der Waals surface area contributed by atoms with Crippen molar-refractivity contribution in [3.05, 3.63) is 88.9 Å². The summed E-state index contributed by atoms with van der Waals surface area (Å²) in [5.74, 6) is -1.61. The van der Waals surface area contributed by atoms with E-state index in [-0.39, 0.29) is 22.6 Å². The number of Topliss-reactive ketones (excluding diaryl/α,β-unsaturated/α-hetero) is 1. The number of nitrogens with zero attached hydrogens (tertiary/aromatic N) is 1. The fraction of sp³-hybridized carbons (Fsp3) is 0.231. The van der Waals surface area contributed by atoms with E-state index in [1.165, 1.54) is 12.3 Å². The molecule has 1 saturated heterocycles. The molecule has 6 nitrogen and oxygen atoms in total. The van der Waals surface area contributed by atoms with E-state index in [1.54, 1.807) is 31.2 Å². The van der Waals surface area contributed by atoms with Crippen LogP contribution < -0.4 is 9.64 Å². The predicted octanol–water partition coefficient (Wildman–Crippen LogP) is 6.02. The number of carbonyl (C=O) groups excluding carboxylic acids is 2. The van der Waals surface area contributed by atoms with Crippen molar-refractivity contribution in [2.45, 2.75) is 32.5 Å². The molecule has 35 heavy (non-hydrogen) atoms. The van der Waals surface area contributed by atoms with E-state index in [0.717, 1.165) is 35.6 Å². The lowest BCUT2D eigenvalue weighted by Crippen LogP contribution is -2.29. The van der Waals surface area contributed by atoms with E-state index in [2.05, 4.69) is 0 Å². The van der Waals surface area contributed by atoms with Gasteiger partial charge in [-0.3, -0.25) is 14.5 Å². The first-order chi connectivity index (χ1) is 16.6. The Kier molecular flexibility index (Phi) is 6.43. The first kappa shape index (κ1) is 24.1. The number of aryl methyl sites for hydroxylation is 1. The molecule has 182 valence electrons. The summed E-state index contributed by atoms with van der Waals surface area (Å²) in [4.78, 5) is 27.1. The summed E-state index contributed by atoms with van der Waals surface area (Å²) in [5, 5.41) is 11.1. The van der Waals surface area contributed by atoms with Crippen molar-refractivity contribution in [3.63, 3.8) is 0 Å². The Bertz CT molecular complexity index is 1280. The molecule has 1 aliphatic rings.